The molecule has 0 unspecified atom stereocenters. The van der Waals surface area contributed by atoms with Gasteiger partial charge in [-0.25, -0.2) is 0 Å². The van der Waals surface area contributed by atoms with Crippen LogP contribution in [0.3, 0.4) is 0 Å². The van der Waals surface area contributed by atoms with Crippen LogP contribution in [0.15, 0.2) is 54.6 Å². The lowest BCUT2D eigenvalue weighted by Crippen LogP contribution is -2.30. The van der Waals surface area contributed by atoms with Gasteiger partial charge in [0.1, 0.15) is 0 Å². The standard InChI is InChI=1S/C21H27N3O2/c1-3-4-6-14-20(25)22-17-10-9-11-18(15-17)23-21(26)16-24(2)19-12-7-5-8-13-19/h5,7-13,15H,3-4,6,14,16H2,1-2H3,(H,22,25)(H,23,26). The van der Waals surface area contributed by atoms with E-state index in [-0.39, 0.29) is 18.4 Å². The molecule has 2 N–H and O–H groups in total. The maximum Gasteiger partial charge on any atom is 0.243 e. The number of rotatable bonds is 9. The number of nitrogens with one attached hydrogen (secondary N) is 2. The Bertz CT molecular complexity index is 716. The van der Waals surface area contributed by atoms with Crippen LogP contribution in [0.2, 0.25) is 0 Å². The number of nitrogens with zero attached hydrogens (tertiary/aromatic N) is 1. The van der Waals surface area contributed by atoms with Crippen LogP contribution in [0, 0.1) is 0 Å². The third-order valence-electron chi connectivity index (χ3n) is 4.02. The van der Waals surface area contributed by atoms with Gasteiger partial charge in [-0.3, -0.25) is 9.59 Å². The Hall–Kier alpha value is -2.82. The third kappa shape index (κ3) is 6.59. The zero-order chi connectivity index (χ0) is 18.8. The van der Waals surface area contributed by atoms with E-state index in [2.05, 4.69) is 17.6 Å². The van der Waals surface area contributed by atoms with Crippen LogP contribution in [0.5, 0.6) is 0 Å². The number of likely N-dealkylation sites (N-methyl/N-ethyl adjacent to an activating group) is 1. The molecule has 0 spiro atoms. The first-order valence-electron chi connectivity index (χ1n) is 9.04. The van der Waals surface area contributed by atoms with E-state index in [9.17, 15) is 9.59 Å². The Morgan fingerprint density at radius 3 is 2.19 bits per heavy atom. The highest BCUT2D eigenvalue weighted by Gasteiger charge is 2.08. The Morgan fingerprint density at radius 1 is 0.885 bits per heavy atom. The van der Waals surface area contributed by atoms with Crippen molar-refractivity contribution in [1.29, 1.82) is 0 Å². The minimum Gasteiger partial charge on any atom is -0.365 e. The first-order chi connectivity index (χ1) is 12.6. The van der Waals surface area contributed by atoms with Gasteiger partial charge in [-0.05, 0) is 36.8 Å². The van der Waals surface area contributed by atoms with Crippen LogP contribution in [-0.2, 0) is 9.59 Å². The van der Waals surface area contributed by atoms with Crippen molar-refractivity contribution in [2.45, 2.75) is 32.6 Å². The van der Waals surface area contributed by atoms with Crippen LogP contribution in [0.4, 0.5) is 17.1 Å². The largest absolute Gasteiger partial charge is 0.365 e. The molecule has 0 saturated heterocycles. The molecular formula is C21H27N3O2. The van der Waals surface area contributed by atoms with E-state index in [0.29, 0.717) is 17.8 Å². The van der Waals surface area contributed by atoms with Gasteiger partial charge in [-0.1, -0.05) is 44.0 Å². The highest BCUT2D eigenvalue weighted by atomic mass is 16.2. The average molecular weight is 353 g/mol. The van der Waals surface area contributed by atoms with E-state index < -0.39 is 0 Å². The van der Waals surface area contributed by atoms with Gasteiger partial charge in [-0.15, -0.1) is 0 Å². The van der Waals surface area contributed by atoms with Gasteiger partial charge in [0.15, 0.2) is 0 Å². The fourth-order valence-corrected chi connectivity index (χ4v) is 2.62. The normalized spacial score (nSPS) is 10.2. The summed E-state index contributed by atoms with van der Waals surface area (Å²) >= 11 is 0. The van der Waals surface area contributed by atoms with Crippen molar-refractivity contribution in [2.75, 3.05) is 29.1 Å². The summed E-state index contributed by atoms with van der Waals surface area (Å²) in [4.78, 5) is 26.1. The number of hydrogen-bond donors (Lipinski definition) is 2. The highest BCUT2D eigenvalue weighted by Crippen LogP contribution is 2.16. The molecular weight excluding hydrogens is 326 g/mol. The van der Waals surface area contributed by atoms with E-state index in [1.165, 1.54) is 0 Å². The lowest BCUT2D eigenvalue weighted by Gasteiger charge is -2.18. The SMILES string of the molecule is CCCCCC(=O)Nc1cccc(NC(=O)CN(C)c2ccccc2)c1. The van der Waals surface area contributed by atoms with E-state index >= 15 is 0 Å². The summed E-state index contributed by atoms with van der Waals surface area (Å²) in [6, 6.07) is 17.0. The van der Waals surface area contributed by atoms with Crippen molar-refractivity contribution in [1.82, 2.24) is 0 Å². The van der Waals surface area contributed by atoms with Crippen LogP contribution in [0.25, 0.3) is 0 Å². The quantitative estimate of drug-likeness (QED) is 0.662. The first-order valence-corrected chi connectivity index (χ1v) is 9.04. The molecule has 0 aliphatic heterocycles. The summed E-state index contributed by atoms with van der Waals surface area (Å²) in [5, 5.41) is 5.76. The second-order valence-corrected chi connectivity index (χ2v) is 6.33. The molecule has 5 nitrogen and oxygen atoms in total. The fraction of sp³-hybridized carbons (Fsp3) is 0.333. The Morgan fingerprint density at radius 2 is 1.54 bits per heavy atom. The van der Waals surface area contributed by atoms with Gasteiger partial charge in [-0.2, -0.15) is 0 Å². The van der Waals surface area contributed by atoms with Crippen molar-refractivity contribution in [3.63, 3.8) is 0 Å². The summed E-state index contributed by atoms with van der Waals surface area (Å²) in [6.07, 6.45) is 3.56. The smallest absolute Gasteiger partial charge is 0.243 e. The lowest BCUT2D eigenvalue weighted by molar-refractivity contribution is -0.116. The average Bonchev–Trinajstić information content (AvgIpc) is 2.63. The van der Waals surface area contributed by atoms with E-state index in [1.54, 1.807) is 6.07 Å². The molecule has 0 aromatic heterocycles. The fourth-order valence-electron chi connectivity index (χ4n) is 2.62. The predicted molar refractivity (Wildman–Crippen MR) is 108 cm³/mol. The summed E-state index contributed by atoms with van der Waals surface area (Å²) in [6.45, 7) is 2.36. The molecule has 0 aliphatic rings. The lowest BCUT2D eigenvalue weighted by atomic mass is 10.2. The molecule has 5 heteroatoms. The molecule has 0 bridgehead atoms. The molecule has 2 amide bonds. The van der Waals surface area contributed by atoms with Crippen molar-refractivity contribution in [2.24, 2.45) is 0 Å². The topological polar surface area (TPSA) is 61.4 Å². The molecule has 2 aromatic carbocycles. The molecule has 0 saturated carbocycles. The van der Waals surface area contributed by atoms with Crippen LogP contribution >= 0.6 is 0 Å². The van der Waals surface area contributed by atoms with Crippen molar-refractivity contribution in [3.8, 4) is 0 Å². The van der Waals surface area contributed by atoms with Gasteiger partial charge in [0.25, 0.3) is 0 Å². The van der Waals surface area contributed by atoms with Gasteiger partial charge in [0.2, 0.25) is 11.8 Å². The molecule has 0 heterocycles. The zero-order valence-electron chi connectivity index (χ0n) is 15.5. The minimum atomic E-state index is -0.109. The van der Waals surface area contributed by atoms with Crippen molar-refractivity contribution >= 4 is 28.9 Å². The van der Waals surface area contributed by atoms with Crippen molar-refractivity contribution in [3.05, 3.63) is 54.6 Å². The molecule has 0 radical (unpaired) electrons. The monoisotopic (exact) mass is 353 g/mol. The first kappa shape index (κ1) is 19.5. The minimum absolute atomic E-state index is 0.00531. The second kappa shape index (κ2) is 10.2. The van der Waals surface area contributed by atoms with Crippen molar-refractivity contribution < 1.29 is 9.59 Å². The maximum absolute atomic E-state index is 12.3. The summed E-state index contributed by atoms with van der Waals surface area (Å²) in [5.74, 6) is -0.103. The van der Waals surface area contributed by atoms with E-state index in [4.69, 9.17) is 0 Å². The van der Waals surface area contributed by atoms with E-state index in [0.717, 1.165) is 24.9 Å². The van der Waals surface area contributed by atoms with Gasteiger partial charge >= 0.3 is 0 Å². The number of amides is 2. The van der Waals surface area contributed by atoms with Gasteiger partial charge in [0, 0.05) is 30.5 Å². The number of carbonyl (C=O) groups excluding carboxylic acids is 2. The molecule has 138 valence electrons. The predicted octanol–water partition coefficient (Wildman–Crippen LogP) is 4.28. The number of anilines is 3. The summed E-state index contributed by atoms with van der Waals surface area (Å²) in [7, 11) is 1.88. The Balaban J connectivity index is 1.87. The molecule has 26 heavy (non-hydrogen) atoms. The number of carbonyl (C=O) groups is 2. The van der Waals surface area contributed by atoms with Crippen LogP contribution in [0.1, 0.15) is 32.6 Å². The zero-order valence-corrected chi connectivity index (χ0v) is 15.5. The molecule has 0 atom stereocenters. The summed E-state index contributed by atoms with van der Waals surface area (Å²) in [5.41, 5.74) is 2.35. The Kier molecular flexibility index (Phi) is 7.68. The third-order valence-corrected chi connectivity index (χ3v) is 4.02. The van der Waals surface area contributed by atoms with Crippen LogP contribution < -0.4 is 15.5 Å². The number of benzene rings is 2. The van der Waals surface area contributed by atoms with Gasteiger partial charge in [0.05, 0.1) is 6.54 Å². The maximum atomic E-state index is 12.3. The summed E-state index contributed by atoms with van der Waals surface area (Å²) < 4.78 is 0. The molecule has 2 rings (SSSR count). The number of para-hydroxylation sites is 1. The molecule has 0 fully saturated rings. The Labute approximate surface area is 155 Å². The highest BCUT2D eigenvalue weighted by molar-refractivity contribution is 5.95. The number of unbranched alkanes of at least 4 members (excludes halogenated alkanes) is 2. The molecule has 0 aliphatic carbocycles. The molecule has 2 aromatic rings. The van der Waals surface area contributed by atoms with Crippen LogP contribution in [-0.4, -0.2) is 25.4 Å². The second-order valence-electron chi connectivity index (χ2n) is 6.33. The van der Waals surface area contributed by atoms with Gasteiger partial charge < -0.3 is 15.5 Å². The number of hydrogen-bond acceptors (Lipinski definition) is 3. The van der Waals surface area contributed by atoms with E-state index in [1.807, 2.05) is 60.5 Å².